The molecule has 0 bridgehead atoms. The SMILES string of the molecule is O=C(NCCCCN1CCC[C@H]1CO)Nc1ccc(F)cc1F. The Labute approximate surface area is 134 Å². The number of hydrogen-bond donors (Lipinski definition) is 3. The van der Waals surface area contributed by atoms with Crippen molar-refractivity contribution in [3.63, 3.8) is 0 Å². The summed E-state index contributed by atoms with van der Waals surface area (Å²) in [6.45, 7) is 2.60. The average molecular weight is 327 g/mol. The lowest BCUT2D eigenvalue weighted by Gasteiger charge is -2.22. The van der Waals surface area contributed by atoms with Crippen LogP contribution in [0, 0.1) is 11.6 Å². The molecule has 1 aromatic rings. The van der Waals surface area contributed by atoms with Crippen molar-refractivity contribution in [2.45, 2.75) is 31.7 Å². The molecular formula is C16H23F2N3O2. The molecule has 128 valence electrons. The van der Waals surface area contributed by atoms with Crippen LogP contribution >= 0.6 is 0 Å². The van der Waals surface area contributed by atoms with Gasteiger partial charge in [0, 0.05) is 18.7 Å². The smallest absolute Gasteiger partial charge is 0.319 e. The van der Waals surface area contributed by atoms with Crippen molar-refractivity contribution in [2.24, 2.45) is 0 Å². The fourth-order valence-electron chi connectivity index (χ4n) is 2.80. The van der Waals surface area contributed by atoms with E-state index >= 15 is 0 Å². The molecule has 0 aliphatic carbocycles. The maximum Gasteiger partial charge on any atom is 0.319 e. The molecule has 1 fully saturated rings. The van der Waals surface area contributed by atoms with Crippen LogP contribution in [-0.4, -0.2) is 48.3 Å². The number of nitrogens with one attached hydrogen (secondary N) is 2. The first-order valence-electron chi connectivity index (χ1n) is 7.95. The molecule has 2 rings (SSSR count). The minimum atomic E-state index is -0.802. The van der Waals surface area contributed by atoms with Gasteiger partial charge < -0.3 is 15.7 Å². The molecule has 23 heavy (non-hydrogen) atoms. The van der Waals surface area contributed by atoms with Crippen LogP contribution in [0.15, 0.2) is 18.2 Å². The van der Waals surface area contributed by atoms with E-state index in [1.807, 2.05) is 0 Å². The lowest BCUT2D eigenvalue weighted by atomic mass is 10.2. The first-order valence-corrected chi connectivity index (χ1v) is 7.95. The van der Waals surface area contributed by atoms with Crippen LogP contribution in [0.2, 0.25) is 0 Å². The van der Waals surface area contributed by atoms with Gasteiger partial charge >= 0.3 is 6.03 Å². The van der Waals surface area contributed by atoms with Gasteiger partial charge in [-0.05, 0) is 50.9 Å². The number of urea groups is 1. The number of aliphatic hydroxyl groups excluding tert-OH is 1. The molecule has 7 heteroatoms. The van der Waals surface area contributed by atoms with Crippen LogP contribution in [0.1, 0.15) is 25.7 Å². The number of anilines is 1. The number of halogens is 2. The first-order chi connectivity index (χ1) is 11.1. The van der Waals surface area contributed by atoms with E-state index < -0.39 is 17.7 Å². The highest BCUT2D eigenvalue weighted by Crippen LogP contribution is 2.17. The van der Waals surface area contributed by atoms with Gasteiger partial charge in [0.25, 0.3) is 0 Å². The van der Waals surface area contributed by atoms with Crippen LogP contribution in [-0.2, 0) is 0 Å². The van der Waals surface area contributed by atoms with E-state index in [1.54, 1.807) is 0 Å². The van der Waals surface area contributed by atoms with E-state index in [-0.39, 0.29) is 18.3 Å². The molecule has 1 aliphatic rings. The summed E-state index contributed by atoms with van der Waals surface area (Å²) in [6, 6.07) is 2.76. The number of unbranched alkanes of at least 4 members (excludes halogenated alkanes) is 1. The number of amides is 2. The molecular weight excluding hydrogens is 304 g/mol. The van der Waals surface area contributed by atoms with Crippen molar-refractivity contribution < 1.29 is 18.7 Å². The lowest BCUT2D eigenvalue weighted by Crippen LogP contribution is -2.34. The van der Waals surface area contributed by atoms with E-state index in [9.17, 15) is 18.7 Å². The summed E-state index contributed by atoms with van der Waals surface area (Å²) in [5, 5.41) is 14.2. The van der Waals surface area contributed by atoms with Crippen molar-refractivity contribution in [2.75, 3.05) is 31.6 Å². The number of carbonyl (C=O) groups excluding carboxylic acids is 1. The monoisotopic (exact) mass is 327 g/mol. The van der Waals surface area contributed by atoms with E-state index in [2.05, 4.69) is 15.5 Å². The molecule has 3 N–H and O–H groups in total. The Morgan fingerprint density at radius 2 is 2.17 bits per heavy atom. The largest absolute Gasteiger partial charge is 0.395 e. The number of nitrogens with zero attached hydrogens (tertiary/aromatic N) is 1. The Bertz CT molecular complexity index is 528. The molecule has 1 saturated heterocycles. The number of hydrogen-bond acceptors (Lipinski definition) is 3. The van der Waals surface area contributed by atoms with E-state index in [1.165, 1.54) is 6.07 Å². The van der Waals surface area contributed by atoms with Gasteiger partial charge in [-0.1, -0.05) is 0 Å². The highest BCUT2D eigenvalue weighted by molar-refractivity contribution is 5.89. The summed E-state index contributed by atoms with van der Waals surface area (Å²) >= 11 is 0. The highest BCUT2D eigenvalue weighted by atomic mass is 19.1. The summed E-state index contributed by atoms with van der Waals surface area (Å²) in [7, 11) is 0. The Hall–Kier alpha value is -1.73. The number of carbonyl (C=O) groups is 1. The van der Waals surface area contributed by atoms with Gasteiger partial charge in [0.1, 0.15) is 11.6 Å². The fourth-order valence-corrected chi connectivity index (χ4v) is 2.80. The summed E-state index contributed by atoms with van der Waals surface area (Å²) in [5.41, 5.74) is -0.0493. The molecule has 0 radical (unpaired) electrons. The second-order valence-corrected chi connectivity index (χ2v) is 5.73. The molecule has 0 saturated carbocycles. The molecule has 0 spiro atoms. The maximum atomic E-state index is 13.4. The molecule has 0 unspecified atom stereocenters. The Morgan fingerprint density at radius 3 is 2.91 bits per heavy atom. The average Bonchev–Trinajstić information content (AvgIpc) is 2.97. The highest BCUT2D eigenvalue weighted by Gasteiger charge is 2.22. The molecule has 1 atom stereocenters. The zero-order valence-electron chi connectivity index (χ0n) is 13.0. The normalized spacial score (nSPS) is 18.1. The van der Waals surface area contributed by atoms with Crippen LogP contribution < -0.4 is 10.6 Å². The molecule has 1 heterocycles. The van der Waals surface area contributed by atoms with Crippen LogP contribution in [0.3, 0.4) is 0 Å². The van der Waals surface area contributed by atoms with Crippen molar-refractivity contribution >= 4 is 11.7 Å². The molecule has 1 aromatic carbocycles. The maximum absolute atomic E-state index is 13.4. The predicted octanol–water partition coefficient (Wildman–Crippen LogP) is 2.32. The Kier molecular flexibility index (Phi) is 6.73. The molecule has 5 nitrogen and oxygen atoms in total. The number of aliphatic hydroxyl groups is 1. The number of benzene rings is 1. The number of rotatable bonds is 7. The van der Waals surface area contributed by atoms with Crippen LogP contribution in [0.5, 0.6) is 0 Å². The number of likely N-dealkylation sites (tertiary alicyclic amines) is 1. The topological polar surface area (TPSA) is 64.6 Å². The van der Waals surface area contributed by atoms with E-state index in [4.69, 9.17) is 0 Å². The minimum Gasteiger partial charge on any atom is -0.395 e. The van der Waals surface area contributed by atoms with Gasteiger partial charge in [-0.3, -0.25) is 4.90 Å². The third-order valence-electron chi connectivity index (χ3n) is 4.05. The van der Waals surface area contributed by atoms with Crippen molar-refractivity contribution in [3.8, 4) is 0 Å². The van der Waals surface area contributed by atoms with Gasteiger partial charge in [0.15, 0.2) is 0 Å². The van der Waals surface area contributed by atoms with Crippen molar-refractivity contribution in [3.05, 3.63) is 29.8 Å². The fraction of sp³-hybridized carbons (Fsp3) is 0.562. The second-order valence-electron chi connectivity index (χ2n) is 5.73. The lowest BCUT2D eigenvalue weighted by molar-refractivity contribution is 0.157. The first kappa shape index (κ1) is 17.6. The van der Waals surface area contributed by atoms with Gasteiger partial charge in [0.05, 0.1) is 12.3 Å². The minimum absolute atomic E-state index is 0.0493. The zero-order chi connectivity index (χ0) is 16.7. The third kappa shape index (κ3) is 5.44. The molecule has 1 aliphatic heterocycles. The van der Waals surface area contributed by atoms with Crippen LogP contribution in [0.4, 0.5) is 19.3 Å². The Balaban J connectivity index is 1.61. The van der Waals surface area contributed by atoms with E-state index in [0.717, 1.165) is 50.9 Å². The molecule has 2 amide bonds. The van der Waals surface area contributed by atoms with Crippen LogP contribution in [0.25, 0.3) is 0 Å². The summed E-state index contributed by atoms with van der Waals surface area (Å²) < 4.78 is 26.2. The Morgan fingerprint density at radius 1 is 1.35 bits per heavy atom. The summed E-state index contributed by atoms with van der Waals surface area (Å²) in [4.78, 5) is 13.9. The second kappa shape index (κ2) is 8.79. The van der Waals surface area contributed by atoms with Gasteiger partial charge in [0.2, 0.25) is 0 Å². The van der Waals surface area contributed by atoms with Gasteiger partial charge in [-0.15, -0.1) is 0 Å². The van der Waals surface area contributed by atoms with E-state index in [0.29, 0.717) is 6.54 Å². The van der Waals surface area contributed by atoms with Crippen molar-refractivity contribution in [1.82, 2.24) is 10.2 Å². The van der Waals surface area contributed by atoms with Crippen molar-refractivity contribution in [1.29, 1.82) is 0 Å². The quantitative estimate of drug-likeness (QED) is 0.674. The zero-order valence-corrected chi connectivity index (χ0v) is 13.0. The predicted molar refractivity (Wildman–Crippen MR) is 84.3 cm³/mol. The van der Waals surface area contributed by atoms with Gasteiger partial charge in [-0.2, -0.15) is 0 Å². The molecule has 0 aromatic heterocycles. The summed E-state index contributed by atoms with van der Waals surface area (Å²) in [6.07, 6.45) is 3.88. The third-order valence-corrected chi connectivity index (χ3v) is 4.05. The van der Waals surface area contributed by atoms with Gasteiger partial charge in [-0.25, -0.2) is 13.6 Å². The standard InChI is InChI=1S/C16H23F2N3O2/c17-12-5-6-15(14(18)10-12)20-16(23)19-7-1-2-8-21-9-3-4-13(21)11-22/h5-6,10,13,22H,1-4,7-9,11H2,(H2,19,20,23)/t13-/m0/s1. The summed E-state index contributed by atoms with van der Waals surface area (Å²) in [5.74, 6) is -1.49.